The van der Waals surface area contributed by atoms with Crippen molar-refractivity contribution in [3.63, 3.8) is 0 Å². The van der Waals surface area contributed by atoms with Gasteiger partial charge in [-0.1, -0.05) is 12.1 Å². The summed E-state index contributed by atoms with van der Waals surface area (Å²) in [6.45, 7) is 0.208. The first-order valence-electron chi connectivity index (χ1n) is 7.36. The van der Waals surface area contributed by atoms with Crippen molar-refractivity contribution in [3.05, 3.63) is 54.3 Å². The fourth-order valence-corrected chi connectivity index (χ4v) is 1.95. The van der Waals surface area contributed by atoms with Crippen LogP contribution in [0.3, 0.4) is 0 Å². The average molecular weight is 357 g/mol. The second-order valence-corrected chi connectivity index (χ2v) is 5.00. The maximum Gasteiger partial charge on any atom is 0.573 e. The summed E-state index contributed by atoms with van der Waals surface area (Å²) in [4.78, 5) is 11.8. The summed E-state index contributed by atoms with van der Waals surface area (Å²) in [7, 11) is 0. The van der Waals surface area contributed by atoms with Gasteiger partial charge in [0, 0.05) is 6.42 Å². The van der Waals surface area contributed by atoms with Crippen molar-refractivity contribution < 1.29 is 31.8 Å². The highest BCUT2D eigenvalue weighted by molar-refractivity contribution is 5.92. The summed E-state index contributed by atoms with van der Waals surface area (Å²) < 4.78 is 58.9. The molecule has 0 radical (unpaired) electrons. The third-order valence-electron chi connectivity index (χ3n) is 3.02. The molecule has 2 aromatic rings. The number of benzene rings is 2. The van der Waals surface area contributed by atoms with E-state index in [1.54, 1.807) is 0 Å². The van der Waals surface area contributed by atoms with Crippen molar-refractivity contribution in [3.8, 4) is 11.5 Å². The molecule has 25 heavy (non-hydrogen) atoms. The van der Waals surface area contributed by atoms with Crippen molar-refractivity contribution in [2.24, 2.45) is 0 Å². The molecule has 1 N–H and O–H groups in total. The molecule has 0 spiro atoms. The Morgan fingerprint density at radius 3 is 2.40 bits per heavy atom. The van der Waals surface area contributed by atoms with Gasteiger partial charge in [0.1, 0.15) is 11.6 Å². The van der Waals surface area contributed by atoms with Gasteiger partial charge >= 0.3 is 6.36 Å². The van der Waals surface area contributed by atoms with E-state index < -0.39 is 18.0 Å². The van der Waals surface area contributed by atoms with Gasteiger partial charge in [0.05, 0.1) is 12.3 Å². The molecule has 0 atom stereocenters. The van der Waals surface area contributed by atoms with Crippen LogP contribution in [0.5, 0.6) is 11.5 Å². The van der Waals surface area contributed by atoms with E-state index in [4.69, 9.17) is 4.74 Å². The normalized spacial score (nSPS) is 11.0. The van der Waals surface area contributed by atoms with E-state index in [2.05, 4.69) is 10.1 Å². The number of halogens is 4. The molecule has 0 aromatic heterocycles. The van der Waals surface area contributed by atoms with Gasteiger partial charge in [-0.3, -0.25) is 4.79 Å². The summed E-state index contributed by atoms with van der Waals surface area (Å²) in [6.07, 6.45) is -4.46. The number of ether oxygens (including phenoxy) is 2. The van der Waals surface area contributed by atoms with E-state index in [0.29, 0.717) is 12.2 Å². The Bertz CT molecular complexity index is 702. The quantitative estimate of drug-likeness (QED) is 0.585. The van der Waals surface area contributed by atoms with Gasteiger partial charge in [0.25, 0.3) is 0 Å². The van der Waals surface area contributed by atoms with Crippen LogP contribution in [0, 0.1) is 5.82 Å². The Balaban J connectivity index is 1.79. The Kier molecular flexibility index (Phi) is 6.21. The van der Waals surface area contributed by atoms with Crippen LogP contribution < -0.4 is 14.8 Å². The molecule has 1 amide bonds. The summed E-state index contributed by atoms with van der Waals surface area (Å²) in [6, 6.07) is 10.7. The van der Waals surface area contributed by atoms with Crippen LogP contribution in [0.2, 0.25) is 0 Å². The molecule has 2 aromatic carbocycles. The number of rotatable bonds is 7. The molecule has 0 bridgehead atoms. The lowest BCUT2D eigenvalue weighted by Crippen LogP contribution is -2.19. The minimum absolute atomic E-state index is 0.0432. The molecule has 134 valence electrons. The molecule has 4 nitrogen and oxygen atoms in total. The van der Waals surface area contributed by atoms with E-state index >= 15 is 0 Å². The first-order chi connectivity index (χ1) is 11.8. The zero-order chi connectivity index (χ0) is 18.3. The lowest BCUT2D eigenvalue weighted by Gasteiger charge is -2.13. The van der Waals surface area contributed by atoms with Crippen LogP contribution in [-0.4, -0.2) is 18.9 Å². The van der Waals surface area contributed by atoms with Crippen molar-refractivity contribution in [2.75, 3.05) is 11.9 Å². The summed E-state index contributed by atoms with van der Waals surface area (Å²) in [5.41, 5.74) is -0.0655. The lowest BCUT2D eigenvalue weighted by molar-refractivity contribution is -0.274. The number of hydrogen-bond donors (Lipinski definition) is 1. The highest BCUT2D eigenvalue weighted by Crippen LogP contribution is 2.30. The SMILES string of the molecule is O=C(CCCOc1ccc(F)cc1)Nc1ccccc1OC(F)(F)F. The lowest BCUT2D eigenvalue weighted by atomic mass is 10.2. The van der Waals surface area contributed by atoms with Crippen LogP contribution in [0.25, 0.3) is 0 Å². The van der Waals surface area contributed by atoms with Gasteiger partial charge in [-0.15, -0.1) is 13.2 Å². The molecule has 0 unspecified atom stereocenters. The summed E-state index contributed by atoms with van der Waals surface area (Å²) >= 11 is 0. The van der Waals surface area contributed by atoms with Crippen LogP contribution in [0.15, 0.2) is 48.5 Å². The summed E-state index contributed by atoms with van der Waals surface area (Å²) in [5, 5.41) is 2.37. The van der Waals surface area contributed by atoms with Crippen LogP contribution in [-0.2, 0) is 4.79 Å². The Hall–Kier alpha value is -2.77. The van der Waals surface area contributed by atoms with Crippen molar-refractivity contribution in [1.29, 1.82) is 0 Å². The topological polar surface area (TPSA) is 47.6 Å². The molecule has 0 heterocycles. The zero-order valence-electron chi connectivity index (χ0n) is 13.0. The Morgan fingerprint density at radius 1 is 1.04 bits per heavy atom. The smallest absolute Gasteiger partial charge is 0.494 e. The van der Waals surface area contributed by atoms with E-state index in [1.807, 2.05) is 0 Å². The van der Waals surface area contributed by atoms with Gasteiger partial charge in [0.15, 0.2) is 5.75 Å². The van der Waals surface area contributed by atoms with E-state index in [9.17, 15) is 22.4 Å². The molecule has 0 aliphatic carbocycles. The molecule has 8 heteroatoms. The third-order valence-corrected chi connectivity index (χ3v) is 3.02. The zero-order valence-corrected chi connectivity index (χ0v) is 13.0. The minimum Gasteiger partial charge on any atom is -0.494 e. The van der Waals surface area contributed by atoms with Gasteiger partial charge in [0.2, 0.25) is 5.91 Å². The van der Waals surface area contributed by atoms with Gasteiger partial charge in [-0.25, -0.2) is 4.39 Å². The molecule has 0 saturated heterocycles. The maximum atomic E-state index is 12.7. The first kappa shape index (κ1) is 18.6. The van der Waals surface area contributed by atoms with E-state index in [-0.39, 0.29) is 24.5 Å². The van der Waals surface area contributed by atoms with Crippen molar-refractivity contribution in [2.45, 2.75) is 19.2 Å². The number of alkyl halides is 3. The van der Waals surface area contributed by atoms with Gasteiger partial charge in [-0.05, 0) is 42.8 Å². The standard InChI is InChI=1S/C17H15F4NO3/c18-12-7-9-13(10-8-12)24-11-3-6-16(23)22-14-4-1-2-5-15(14)25-17(19,20)21/h1-2,4-5,7-10H,3,6,11H2,(H,22,23). The second-order valence-electron chi connectivity index (χ2n) is 5.00. The van der Waals surface area contributed by atoms with Crippen LogP contribution in [0.1, 0.15) is 12.8 Å². The van der Waals surface area contributed by atoms with Crippen LogP contribution >= 0.6 is 0 Å². The number of nitrogens with one attached hydrogen (secondary N) is 1. The number of hydrogen-bond acceptors (Lipinski definition) is 3. The number of amides is 1. The molecular formula is C17H15F4NO3. The van der Waals surface area contributed by atoms with E-state index in [1.165, 1.54) is 42.5 Å². The monoisotopic (exact) mass is 357 g/mol. The van der Waals surface area contributed by atoms with Gasteiger partial charge in [-0.2, -0.15) is 0 Å². The first-order valence-corrected chi connectivity index (χ1v) is 7.36. The molecular weight excluding hydrogens is 342 g/mol. The molecule has 0 saturated carbocycles. The third kappa shape index (κ3) is 6.70. The number of anilines is 1. The highest BCUT2D eigenvalue weighted by atomic mass is 19.4. The Morgan fingerprint density at radius 2 is 1.72 bits per heavy atom. The average Bonchev–Trinajstić information content (AvgIpc) is 2.54. The fraction of sp³-hybridized carbons (Fsp3) is 0.235. The largest absolute Gasteiger partial charge is 0.573 e. The van der Waals surface area contributed by atoms with Crippen LogP contribution in [0.4, 0.5) is 23.2 Å². The fourth-order valence-electron chi connectivity index (χ4n) is 1.95. The molecule has 0 aliphatic rings. The number of carbonyl (C=O) groups is 1. The van der Waals surface area contributed by atoms with Crippen molar-refractivity contribution >= 4 is 11.6 Å². The van der Waals surface area contributed by atoms with Gasteiger partial charge < -0.3 is 14.8 Å². The maximum absolute atomic E-state index is 12.7. The van der Waals surface area contributed by atoms with Crippen molar-refractivity contribution in [1.82, 2.24) is 0 Å². The number of carbonyl (C=O) groups excluding carboxylic acids is 1. The molecule has 0 fully saturated rings. The highest BCUT2D eigenvalue weighted by Gasteiger charge is 2.32. The predicted octanol–water partition coefficient (Wildman–Crippen LogP) is 4.52. The minimum atomic E-state index is -4.84. The second kappa shape index (κ2) is 8.36. The summed E-state index contributed by atoms with van der Waals surface area (Å²) in [5.74, 6) is -0.871. The Labute approximate surface area is 141 Å². The molecule has 2 rings (SSSR count). The molecule has 0 aliphatic heterocycles. The predicted molar refractivity (Wildman–Crippen MR) is 82.9 cm³/mol. The van der Waals surface area contributed by atoms with E-state index in [0.717, 1.165) is 6.07 Å². The number of para-hydroxylation sites is 2.